The molecule has 0 bridgehead atoms. The van der Waals surface area contributed by atoms with Crippen molar-refractivity contribution < 1.29 is 19.7 Å². The number of aliphatic hydroxyl groups excluding tert-OH is 1. The molecule has 5 heteroatoms. The fourth-order valence-corrected chi connectivity index (χ4v) is 1.57. The zero-order valence-electron chi connectivity index (χ0n) is 5.80. The van der Waals surface area contributed by atoms with Crippen LogP contribution in [0.25, 0.3) is 0 Å². The van der Waals surface area contributed by atoms with E-state index in [1.54, 1.807) is 0 Å². The number of ether oxygens (including phenoxy) is 1. The van der Waals surface area contributed by atoms with Crippen LogP contribution in [0, 0.1) is 0 Å². The van der Waals surface area contributed by atoms with Crippen molar-refractivity contribution in [1.82, 2.24) is 4.90 Å². The molecule has 0 saturated carbocycles. The zero-order valence-corrected chi connectivity index (χ0v) is 5.80. The molecular weight excluding hydrogens is 150 g/mol. The number of carbonyl (C=O) groups is 1. The van der Waals surface area contributed by atoms with Crippen molar-refractivity contribution in [2.24, 2.45) is 0 Å². The second-order valence-electron chi connectivity index (χ2n) is 2.82. The third-order valence-electron chi connectivity index (χ3n) is 2.21. The number of aliphatic hydroxyl groups is 1. The van der Waals surface area contributed by atoms with E-state index in [1.165, 1.54) is 4.90 Å². The molecule has 0 radical (unpaired) electrons. The number of amides is 1. The van der Waals surface area contributed by atoms with Crippen molar-refractivity contribution in [2.45, 2.75) is 18.2 Å². The number of likely N-dealkylation sites (tertiary alicyclic amines) is 1. The third kappa shape index (κ3) is 0.883. The van der Waals surface area contributed by atoms with Gasteiger partial charge in [-0.2, -0.15) is 0 Å². The minimum Gasteiger partial charge on any atom is -0.465 e. The van der Waals surface area contributed by atoms with Crippen LogP contribution in [0.15, 0.2) is 0 Å². The number of hydrogen-bond donors (Lipinski definition) is 2. The molecule has 2 heterocycles. The molecule has 0 spiro atoms. The molecule has 3 atom stereocenters. The van der Waals surface area contributed by atoms with Crippen molar-refractivity contribution in [2.75, 3.05) is 13.2 Å². The molecule has 0 aromatic carbocycles. The van der Waals surface area contributed by atoms with Crippen LogP contribution in [-0.2, 0) is 4.74 Å². The van der Waals surface area contributed by atoms with E-state index in [1.807, 2.05) is 0 Å². The highest BCUT2D eigenvalue weighted by Gasteiger charge is 2.55. The Morgan fingerprint density at radius 1 is 1.73 bits per heavy atom. The number of morpholine rings is 1. The molecule has 2 rings (SSSR count). The molecule has 0 aromatic rings. The first-order chi connectivity index (χ1) is 5.24. The first-order valence-corrected chi connectivity index (χ1v) is 3.50. The van der Waals surface area contributed by atoms with Gasteiger partial charge in [0, 0.05) is 0 Å². The van der Waals surface area contributed by atoms with E-state index in [0.717, 1.165) is 0 Å². The van der Waals surface area contributed by atoms with Gasteiger partial charge in [-0.25, -0.2) is 4.79 Å². The molecule has 5 nitrogen and oxygen atoms in total. The Morgan fingerprint density at radius 2 is 2.45 bits per heavy atom. The Kier molecular flexibility index (Phi) is 1.30. The van der Waals surface area contributed by atoms with Crippen LogP contribution < -0.4 is 0 Å². The maximum Gasteiger partial charge on any atom is 0.407 e. The molecule has 0 aromatic heterocycles. The summed E-state index contributed by atoms with van der Waals surface area (Å²) >= 11 is 0. The van der Waals surface area contributed by atoms with E-state index in [4.69, 9.17) is 14.9 Å². The quantitative estimate of drug-likeness (QED) is 0.487. The molecule has 2 saturated heterocycles. The summed E-state index contributed by atoms with van der Waals surface area (Å²) in [6.07, 6.45) is -0.973. The average Bonchev–Trinajstić information content (AvgIpc) is 2.63. The van der Waals surface area contributed by atoms with E-state index in [-0.39, 0.29) is 24.9 Å². The minimum absolute atomic E-state index is 0.0447. The van der Waals surface area contributed by atoms with Crippen LogP contribution >= 0.6 is 0 Å². The Morgan fingerprint density at radius 3 is 2.91 bits per heavy atom. The van der Waals surface area contributed by atoms with Gasteiger partial charge in [-0.05, 0) is 0 Å². The molecule has 2 aliphatic rings. The largest absolute Gasteiger partial charge is 0.465 e. The number of hydrogen-bond acceptors (Lipinski definition) is 3. The van der Waals surface area contributed by atoms with Gasteiger partial charge < -0.3 is 14.9 Å². The first kappa shape index (κ1) is 6.87. The molecule has 2 aliphatic heterocycles. The smallest absolute Gasteiger partial charge is 0.407 e. The van der Waals surface area contributed by atoms with E-state index in [9.17, 15) is 4.79 Å². The van der Waals surface area contributed by atoms with Crippen LogP contribution in [-0.4, -0.2) is 52.6 Å². The van der Waals surface area contributed by atoms with E-state index < -0.39 is 6.09 Å². The summed E-state index contributed by atoms with van der Waals surface area (Å²) in [7, 11) is 0. The van der Waals surface area contributed by atoms with Crippen molar-refractivity contribution in [3.05, 3.63) is 0 Å². The van der Waals surface area contributed by atoms with Crippen LogP contribution in [0.2, 0.25) is 0 Å². The number of nitrogens with zero attached hydrogens (tertiary/aromatic N) is 1. The van der Waals surface area contributed by atoms with Gasteiger partial charge in [0.1, 0.15) is 12.2 Å². The number of fused-ring (bicyclic) bond motifs is 1. The summed E-state index contributed by atoms with van der Waals surface area (Å²) in [4.78, 5) is 11.7. The second-order valence-corrected chi connectivity index (χ2v) is 2.82. The van der Waals surface area contributed by atoms with Gasteiger partial charge in [0.05, 0.1) is 19.2 Å². The standard InChI is InChI=1S/C6H9NO4/c8-2-3-5-4(11-5)1-7(3)6(9)10/h3-5,8H,1-2H2,(H,9,10)/t3?,4-,5?/m1/s1. The van der Waals surface area contributed by atoms with Crippen molar-refractivity contribution in [3.63, 3.8) is 0 Å². The highest BCUT2D eigenvalue weighted by atomic mass is 16.6. The van der Waals surface area contributed by atoms with E-state index in [2.05, 4.69) is 0 Å². The Hall–Kier alpha value is -0.810. The minimum atomic E-state index is -0.972. The van der Waals surface area contributed by atoms with E-state index >= 15 is 0 Å². The fraction of sp³-hybridized carbons (Fsp3) is 0.833. The predicted octanol–water partition coefficient (Wildman–Crippen LogP) is -0.892. The highest BCUT2D eigenvalue weighted by Crippen LogP contribution is 2.35. The van der Waals surface area contributed by atoms with Crippen LogP contribution in [0.5, 0.6) is 0 Å². The van der Waals surface area contributed by atoms with Gasteiger partial charge in [-0.1, -0.05) is 0 Å². The van der Waals surface area contributed by atoms with Gasteiger partial charge in [0.2, 0.25) is 0 Å². The molecule has 2 N–H and O–H groups in total. The molecule has 2 fully saturated rings. The Balaban J connectivity index is 2.06. The zero-order chi connectivity index (χ0) is 8.01. The lowest BCUT2D eigenvalue weighted by Gasteiger charge is -2.21. The predicted molar refractivity (Wildman–Crippen MR) is 34.3 cm³/mol. The van der Waals surface area contributed by atoms with E-state index in [0.29, 0.717) is 6.54 Å². The lowest BCUT2D eigenvalue weighted by molar-refractivity contribution is 0.0799. The topological polar surface area (TPSA) is 73.3 Å². The summed E-state index contributed by atoms with van der Waals surface area (Å²) in [6.45, 7) is 0.263. The normalized spacial score (nSPS) is 40.5. The lowest BCUT2D eigenvalue weighted by atomic mass is 10.2. The van der Waals surface area contributed by atoms with Crippen LogP contribution in [0.4, 0.5) is 4.79 Å². The molecule has 1 amide bonds. The van der Waals surface area contributed by atoms with Gasteiger partial charge in [-0.15, -0.1) is 0 Å². The van der Waals surface area contributed by atoms with Gasteiger partial charge in [-0.3, -0.25) is 4.90 Å². The van der Waals surface area contributed by atoms with Crippen molar-refractivity contribution >= 4 is 6.09 Å². The maximum atomic E-state index is 10.5. The van der Waals surface area contributed by atoms with Crippen LogP contribution in [0.1, 0.15) is 0 Å². The lowest BCUT2D eigenvalue weighted by Crippen LogP contribution is -2.41. The molecule has 0 aliphatic carbocycles. The number of rotatable bonds is 1. The van der Waals surface area contributed by atoms with Crippen molar-refractivity contribution in [1.29, 1.82) is 0 Å². The van der Waals surface area contributed by atoms with Gasteiger partial charge in [0.15, 0.2) is 0 Å². The third-order valence-corrected chi connectivity index (χ3v) is 2.21. The summed E-state index contributed by atoms with van der Waals surface area (Å²) in [6, 6.07) is -0.336. The Bertz CT molecular complexity index is 195. The maximum absolute atomic E-state index is 10.5. The highest BCUT2D eigenvalue weighted by molar-refractivity contribution is 5.66. The number of carboxylic acid groups (broad SMARTS) is 1. The molecule has 2 unspecified atom stereocenters. The molecule has 62 valence electrons. The summed E-state index contributed by atoms with van der Waals surface area (Å²) in [5.41, 5.74) is 0. The summed E-state index contributed by atoms with van der Waals surface area (Å²) in [5, 5.41) is 17.4. The summed E-state index contributed by atoms with van der Waals surface area (Å²) < 4.78 is 5.07. The van der Waals surface area contributed by atoms with Gasteiger partial charge in [0.25, 0.3) is 0 Å². The number of epoxide rings is 1. The first-order valence-electron chi connectivity index (χ1n) is 3.50. The fourth-order valence-electron chi connectivity index (χ4n) is 1.57. The molecule has 11 heavy (non-hydrogen) atoms. The SMILES string of the molecule is O=C(O)N1C[C@H]2OC2C1CO. The van der Waals surface area contributed by atoms with Crippen LogP contribution in [0.3, 0.4) is 0 Å². The summed E-state index contributed by atoms with van der Waals surface area (Å²) in [5.74, 6) is 0. The Labute approximate surface area is 63.2 Å². The van der Waals surface area contributed by atoms with Crippen molar-refractivity contribution in [3.8, 4) is 0 Å². The second kappa shape index (κ2) is 2.09. The molecular formula is C6H9NO4. The van der Waals surface area contributed by atoms with Gasteiger partial charge >= 0.3 is 6.09 Å². The monoisotopic (exact) mass is 159 g/mol. The average molecular weight is 159 g/mol.